The van der Waals surface area contributed by atoms with Crippen LogP contribution >= 0.6 is 11.8 Å². The van der Waals surface area contributed by atoms with Gasteiger partial charge in [0.05, 0.1) is 48.9 Å². The number of nitriles is 1. The molecule has 156 valence electrons. The second kappa shape index (κ2) is 9.43. The van der Waals surface area contributed by atoms with Gasteiger partial charge in [0, 0.05) is 23.9 Å². The number of amides is 2. The van der Waals surface area contributed by atoms with E-state index in [0.29, 0.717) is 41.3 Å². The lowest BCUT2D eigenvalue weighted by Gasteiger charge is -2.18. The highest BCUT2D eigenvalue weighted by Crippen LogP contribution is 2.21. The van der Waals surface area contributed by atoms with Crippen LogP contribution in [0.2, 0.25) is 0 Å². The van der Waals surface area contributed by atoms with Gasteiger partial charge in [-0.2, -0.15) is 5.26 Å². The Morgan fingerprint density at radius 2 is 2.30 bits per heavy atom. The summed E-state index contributed by atoms with van der Waals surface area (Å²) in [5.41, 5.74) is 2.09. The number of aromatic nitrogens is 1. The molecule has 30 heavy (non-hydrogen) atoms. The third-order valence-corrected chi connectivity index (χ3v) is 6.19. The molecule has 1 aromatic heterocycles. The van der Waals surface area contributed by atoms with E-state index in [1.165, 1.54) is 16.7 Å². The van der Waals surface area contributed by atoms with Crippen molar-refractivity contribution in [2.24, 2.45) is 0 Å². The number of hydrogen-bond donors (Lipinski definition) is 1. The molecule has 0 spiro atoms. The van der Waals surface area contributed by atoms with Crippen LogP contribution in [0.3, 0.4) is 0 Å². The third-order valence-electron chi connectivity index (χ3n) is 5.18. The molecule has 0 radical (unpaired) electrons. The van der Waals surface area contributed by atoms with Crippen molar-refractivity contribution in [1.82, 2.24) is 15.2 Å². The number of fused-ring (bicyclic) bond motifs is 1. The van der Waals surface area contributed by atoms with Crippen molar-refractivity contribution in [2.45, 2.75) is 25.2 Å². The summed E-state index contributed by atoms with van der Waals surface area (Å²) in [5.74, 6) is 0.466. The van der Waals surface area contributed by atoms with Crippen LogP contribution in [0.4, 0.5) is 0 Å². The highest BCUT2D eigenvalue weighted by atomic mass is 32.2. The maximum Gasteiger partial charge on any atom is 0.252 e. The number of nitrogens with one attached hydrogen (secondary N) is 1. The quantitative estimate of drug-likeness (QED) is 0.749. The van der Waals surface area contributed by atoms with Crippen molar-refractivity contribution in [2.75, 3.05) is 31.4 Å². The zero-order chi connectivity index (χ0) is 20.9. The Kier molecular flexibility index (Phi) is 6.47. The second-order valence-electron chi connectivity index (χ2n) is 7.20. The molecule has 9 heteroatoms. The Hall–Kier alpha value is -2.67. The summed E-state index contributed by atoms with van der Waals surface area (Å²) in [6, 6.07) is 9.02. The maximum absolute atomic E-state index is 12.8. The van der Waals surface area contributed by atoms with Gasteiger partial charge in [0.1, 0.15) is 6.04 Å². The highest BCUT2D eigenvalue weighted by Gasteiger charge is 2.29. The average Bonchev–Trinajstić information content (AvgIpc) is 3.47. The van der Waals surface area contributed by atoms with E-state index in [2.05, 4.69) is 16.4 Å². The number of pyridine rings is 1. The number of nitrogens with zero attached hydrogens (tertiary/aromatic N) is 3. The summed E-state index contributed by atoms with van der Waals surface area (Å²) in [4.78, 5) is 31.0. The minimum absolute atomic E-state index is 0.101. The van der Waals surface area contributed by atoms with E-state index in [0.717, 1.165) is 18.6 Å². The molecule has 1 N–H and O–H groups in total. The highest BCUT2D eigenvalue weighted by molar-refractivity contribution is 7.99. The van der Waals surface area contributed by atoms with E-state index in [1.54, 1.807) is 12.3 Å². The Morgan fingerprint density at radius 3 is 3.10 bits per heavy atom. The molecule has 2 fully saturated rings. The van der Waals surface area contributed by atoms with E-state index in [-0.39, 0.29) is 24.5 Å². The summed E-state index contributed by atoms with van der Waals surface area (Å²) >= 11 is 1.53. The van der Waals surface area contributed by atoms with Crippen LogP contribution in [0.1, 0.15) is 22.3 Å². The van der Waals surface area contributed by atoms with Crippen molar-refractivity contribution in [3.63, 3.8) is 0 Å². The lowest BCUT2D eigenvalue weighted by Crippen LogP contribution is -2.42. The van der Waals surface area contributed by atoms with Crippen molar-refractivity contribution in [3.05, 3.63) is 41.6 Å². The molecule has 2 aliphatic rings. The fourth-order valence-corrected chi connectivity index (χ4v) is 4.59. The number of benzene rings is 1. The molecular formula is C21H22N4O4S. The van der Waals surface area contributed by atoms with E-state index in [1.807, 2.05) is 18.2 Å². The monoisotopic (exact) mass is 426 g/mol. The molecule has 4 rings (SSSR count). The standard InChI is InChI=1S/C21H22N4O4S/c22-8-15-12-30-13-25(15)20(26)9-24-21(27)17-3-5-23-19-2-1-14(7-18(17)19)10-29-16-4-6-28-11-16/h1-3,5,7,15-16H,4,6,9-13H2,(H,24,27)/t15-,16+/m1/s1. The van der Waals surface area contributed by atoms with E-state index in [9.17, 15) is 9.59 Å². The molecular weight excluding hydrogens is 404 g/mol. The molecule has 0 bridgehead atoms. The summed E-state index contributed by atoms with van der Waals surface area (Å²) in [6.07, 6.45) is 2.57. The first-order chi connectivity index (χ1) is 14.7. The number of carbonyl (C=O) groups is 2. The summed E-state index contributed by atoms with van der Waals surface area (Å²) < 4.78 is 11.2. The van der Waals surface area contributed by atoms with Crippen molar-refractivity contribution >= 4 is 34.5 Å². The largest absolute Gasteiger partial charge is 0.379 e. The van der Waals surface area contributed by atoms with E-state index < -0.39 is 6.04 Å². The zero-order valence-electron chi connectivity index (χ0n) is 16.4. The number of hydrogen-bond acceptors (Lipinski definition) is 7. The van der Waals surface area contributed by atoms with Crippen molar-refractivity contribution in [3.8, 4) is 6.07 Å². The van der Waals surface area contributed by atoms with E-state index in [4.69, 9.17) is 14.7 Å². The third kappa shape index (κ3) is 4.56. The zero-order valence-corrected chi connectivity index (χ0v) is 17.2. The normalized spacial score (nSPS) is 21.0. The lowest BCUT2D eigenvalue weighted by molar-refractivity contribution is -0.129. The van der Waals surface area contributed by atoms with Crippen molar-refractivity contribution in [1.29, 1.82) is 5.26 Å². The van der Waals surface area contributed by atoms with Gasteiger partial charge in [-0.3, -0.25) is 14.6 Å². The summed E-state index contributed by atoms with van der Waals surface area (Å²) in [5, 5.41) is 12.5. The molecule has 8 nitrogen and oxygen atoms in total. The fourth-order valence-electron chi connectivity index (χ4n) is 3.49. The maximum atomic E-state index is 12.8. The molecule has 1 aromatic carbocycles. The summed E-state index contributed by atoms with van der Waals surface area (Å²) in [7, 11) is 0. The van der Waals surface area contributed by atoms with Crippen LogP contribution in [-0.2, 0) is 20.9 Å². The minimum atomic E-state index is -0.436. The van der Waals surface area contributed by atoms with Crippen LogP contribution in [0.25, 0.3) is 10.9 Å². The first-order valence-corrected chi connectivity index (χ1v) is 10.9. The van der Waals surface area contributed by atoms with Gasteiger partial charge in [-0.25, -0.2) is 0 Å². The van der Waals surface area contributed by atoms with Gasteiger partial charge in [0.25, 0.3) is 5.91 Å². The van der Waals surface area contributed by atoms with Crippen LogP contribution < -0.4 is 5.32 Å². The van der Waals surface area contributed by atoms with Crippen LogP contribution in [0, 0.1) is 11.3 Å². The van der Waals surface area contributed by atoms with Crippen LogP contribution in [0.15, 0.2) is 30.5 Å². The predicted molar refractivity (Wildman–Crippen MR) is 112 cm³/mol. The molecule has 2 atom stereocenters. The van der Waals surface area contributed by atoms with Gasteiger partial charge in [0.15, 0.2) is 0 Å². The number of thioether (sulfide) groups is 1. The SMILES string of the molecule is N#C[C@@H]1CSCN1C(=O)CNC(=O)c1ccnc2ccc(CO[C@H]3CCOC3)cc12. The average molecular weight is 426 g/mol. The molecule has 3 heterocycles. The minimum Gasteiger partial charge on any atom is -0.379 e. The smallest absolute Gasteiger partial charge is 0.252 e. The van der Waals surface area contributed by atoms with Crippen LogP contribution in [-0.4, -0.2) is 65.2 Å². The molecule has 0 aliphatic carbocycles. The van der Waals surface area contributed by atoms with E-state index >= 15 is 0 Å². The molecule has 2 aliphatic heterocycles. The van der Waals surface area contributed by atoms with Gasteiger partial charge in [0.2, 0.25) is 5.91 Å². The summed E-state index contributed by atoms with van der Waals surface area (Å²) in [6.45, 7) is 1.62. The Balaban J connectivity index is 1.44. The number of carbonyl (C=O) groups excluding carboxylic acids is 2. The number of ether oxygens (including phenoxy) is 2. The molecule has 0 saturated carbocycles. The molecule has 2 amide bonds. The molecule has 2 saturated heterocycles. The Bertz CT molecular complexity index is 987. The lowest BCUT2D eigenvalue weighted by atomic mass is 10.1. The fraction of sp³-hybridized carbons (Fsp3) is 0.429. The number of rotatable bonds is 6. The Morgan fingerprint density at radius 1 is 1.40 bits per heavy atom. The van der Waals surface area contributed by atoms with Crippen molar-refractivity contribution < 1.29 is 19.1 Å². The van der Waals surface area contributed by atoms with Gasteiger partial charge < -0.3 is 19.7 Å². The first kappa shape index (κ1) is 20.6. The molecule has 2 aromatic rings. The van der Waals surface area contributed by atoms with Gasteiger partial charge >= 0.3 is 0 Å². The predicted octanol–water partition coefficient (Wildman–Crippen LogP) is 1.70. The first-order valence-electron chi connectivity index (χ1n) is 9.77. The van der Waals surface area contributed by atoms with Gasteiger partial charge in [-0.15, -0.1) is 11.8 Å². The molecule has 0 unspecified atom stereocenters. The topological polar surface area (TPSA) is 105 Å². The van der Waals surface area contributed by atoms with Crippen LogP contribution in [0.5, 0.6) is 0 Å². The van der Waals surface area contributed by atoms with Gasteiger partial charge in [-0.05, 0) is 30.2 Å². The second-order valence-corrected chi connectivity index (χ2v) is 8.20. The Labute approximate surface area is 178 Å². The van der Waals surface area contributed by atoms with Gasteiger partial charge in [-0.1, -0.05) is 6.07 Å².